The van der Waals surface area contributed by atoms with Crippen LogP contribution < -0.4 is 0 Å². The lowest BCUT2D eigenvalue weighted by Gasteiger charge is -2.26. The molecule has 0 rings (SSSR count). The summed E-state index contributed by atoms with van der Waals surface area (Å²) in [4.78, 5) is 13.3. The van der Waals surface area contributed by atoms with E-state index in [1.807, 2.05) is 39.0 Å². The molecule has 1 unspecified atom stereocenters. The van der Waals surface area contributed by atoms with Gasteiger partial charge in [0.05, 0.1) is 0 Å². The summed E-state index contributed by atoms with van der Waals surface area (Å²) in [5.41, 5.74) is 0.962. The lowest BCUT2D eigenvalue weighted by molar-refractivity contribution is -0.0386. The molecule has 0 aliphatic carbocycles. The summed E-state index contributed by atoms with van der Waals surface area (Å²) < 4.78 is 10.7. The van der Waals surface area contributed by atoms with Gasteiger partial charge in [-0.25, -0.2) is 4.79 Å². The first kappa shape index (κ1) is 17.4. The molecule has 0 N–H and O–H groups in total. The summed E-state index contributed by atoms with van der Waals surface area (Å²) in [6.45, 7) is 10.2. The summed E-state index contributed by atoms with van der Waals surface area (Å²) in [5, 5.41) is 0. The fourth-order valence-corrected chi connectivity index (χ4v) is 1.44. The Hall–Kier alpha value is -1.55. The van der Waals surface area contributed by atoms with Crippen molar-refractivity contribution >= 4 is 6.09 Å². The second-order valence-corrected chi connectivity index (χ2v) is 4.12. The van der Waals surface area contributed by atoms with Gasteiger partial charge < -0.3 is 9.47 Å². The van der Waals surface area contributed by atoms with Gasteiger partial charge in [-0.3, -0.25) is 4.90 Å². The molecule has 0 spiro atoms. The van der Waals surface area contributed by atoms with Crippen molar-refractivity contribution in [2.24, 2.45) is 0 Å². The third kappa shape index (κ3) is 7.47. The van der Waals surface area contributed by atoms with E-state index in [-0.39, 0.29) is 18.9 Å². The van der Waals surface area contributed by atoms with E-state index in [1.165, 1.54) is 4.90 Å². The second-order valence-electron chi connectivity index (χ2n) is 4.12. The van der Waals surface area contributed by atoms with Crippen molar-refractivity contribution in [3.05, 3.63) is 36.5 Å². The van der Waals surface area contributed by atoms with Crippen molar-refractivity contribution in [1.29, 1.82) is 0 Å². The van der Waals surface area contributed by atoms with Crippen LogP contribution in [0.5, 0.6) is 0 Å². The van der Waals surface area contributed by atoms with Crippen LogP contribution in [-0.4, -0.2) is 37.5 Å². The first-order valence-corrected chi connectivity index (χ1v) is 6.52. The summed E-state index contributed by atoms with van der Waals surface area (Å²) in [6.07, 6.45) is 7.38. The molecule has 0 aromatic carbocycles. The Morgan fingerprint density at radius 1 is 1.37 bits per heavy atom. The van der Waals surface area contributed by atoms with Crippen molar-refractivity contribution in [1.82, 2.24) is 4.90 Å². The summed E-state index contributed by atoms with van der Waals surface area (Å²) >= 11 is 0. The van der Waals surface area contributed by atoms with Crippen LogP contribution in [0.15, 0.2) is 36.5 Å². The van der Waals surface area contributed by atoms with Gasteiger partial charge in [-0.2, -0.15) is 0 Å². The molecule has 0 saturated heterocycles. The zero-order valence-electron chi connectivity index (χ0n) is 12.4. The summed E-state index contributed by atoms with van der Waals surface area (Å²) in [6, 6.07) is 0. The molecule has 4 nitrogen and oxygen atoms in total. The van der Waals surface area contributed by atoms with E-state index < -0.39 is 0 Å². The molecule has 0 heterocycles. The van der Waals surface area contributed by atoms with E-state index >= 15 is 0 Å². The van der Waals surface area contributed by atoms with Crippen molar-refractivity contribution in [2.75, 3.05) is 20.3 Å². The van der Waals surface area contributed by atoms with Crippen molar-refractivity contribution in [2.45, 2.75) is 33.4 Å². The molecule has 0 aliphatic heterocycles. The number of hydrogen-bond donors (Lipinski definition) is 0. The summed E-state index contributed by atoms with van der Waals surface area (Å²) in [5.74, 6) is 0. The zero-order valence-corrected chi connectivity index (χ0v) is 12.4. The molecule has 0 fully saturated rings. The number of carbonyl (C=O) groups is 1. The normalized spacial score (nSPS) is 13.4. The lowest BCUT2D eigenvalue weighted by Crippen LogP contribution is -2.39. The quantitative estimate of drug-likeness (QED) is 0.499. The topological polar surface area (TPSA) is 38.8 Å². The molecule has 1 atom stereocenters. The molecule has 0 aliphatic rings. The minimum Gasteiger partial charge on any atom is -0.445 e. The maximum Gasteiger partial charge on any atom is 0.411 e. The van der Waals surface area contributed by atoms with E-state index in [0.717, 1.165) is 12.0 Å². The third-order valence-electron chi connectivity index (χ3n) is 2.48. The molecule has 1 amide bonds. The summed E-state index contributed by atoms with van der Waals surface area (Å²) in [7, 11) is 1.68. The smallest absolute Gasteiger partial charge is 0.411 e. The van der Waals surface area contributed by atoms with Crippen LogP contribution in [0.25, 0.3) is 0 Å². The van der Waals surface area contributed by atoms with Crippen LogP contribution in [0.3, 0.4) is 0 Å². The van der Waals surface area contributed by atoms with Crippen LogP contribution in [-0.2, 0) is 9.47 Å². The number of nitrogens with zero attached hydrogens (tertiary/aromatic N) is 1. The Morgan fingerprint density at radius 2 is 2.05 bits per heavy atom. The van der Waals surface area contributed by atoms with E-state index in [9.17, 15) is 4.79 Å². The average molecular weight is 267 g/mol. The highest BCUT2D eigenvalue weighted by Crippen LogP contribution is 2.06. The van der Waals surface area contributed by atoms with Gasteiger partial charge in [0.25, 0.3) is 0 Å². The molecular formula is C15H25NO3. The Balaban J connectivity index is 4.25. The molecule has 0 aromatic rings. The number of rotatable bonds is 8. The highest BCUT2D eigenvalue weighted by atomic mass is 16.6. The second kappa shape index (κ2) is 10.4. The van der Waals surface area contributed by atoms with E-state index in [2.05, 4.69) is 6.58 Å². The Bertz CT molecular complexity index is 334. The molecule has 108 valence electrons. The first-order valence-electron chi connectivity index (χ1n) is 6.52. The Labute approximate surface area is 116 Å². The van der Waals surface area contributed by atoms with Gasteiger partial charge in [-0.05, 0) is 25.8 Å². The van der Waals surface area contributed by atoms with Gasteiger partial charge in [0.15, 0.2) is 0 Å². The molecule has 0 aromatic heterocycles. The highest BCUT2D eigenvalue weighted by Gasteiger charge is 2.19. The minimum atomic E-state index is -0.374. The standard InChI is InChI=1S/C15H25NO3/c1-6-9-10-11-13(4)12-19-15(17)16(5)14(7-2)18-8-3/h6,9-11,14H,1,7-8,12H2,2-5H3/b10-9-,13-11+. The van der Waals surface area contributed by atoms with Crippen LogP contribution in [0, 0.1) is 0 Å². The van der Waals surface area contributed by atoms with Crippen molar-refractivity contribution in [3.8, 4) is 0 Å². The minimum absolute atomic E-state index is 0.234. The maximum atomic E-state index is 11.8. The van der Waals surface area contributed by atoms with Gasteiger partial charge >= 0.3 is 6.09 Å². The predicted octanol–water partition coefficient (Wildman–Crippen LogP) is 3.52. The first-order chi connectivity index (χ1) is 9.06. The molecule has 0 saturated carbocycles. The average Bonchev–Trinajstić information content (AvgIpc) is 2.41. The number of carbonyl (C=O) groups excluding carboxylic acids is 1. The molecular weight excluding hydrogens is 242 g/mol. The number of ether oxygens (including phenoxy) is 2. The number of allylic oxidation sites excluding steroid dienone is 4. The number of amides is 1. The van der Waals surface area contributed by atoms with Crippen LogP contribution in [0.4, 0.5) is 4.79 Å². The van der Waals surface area contributed by atoms with Gasteiger partial charge in [0.2, 0.25) is 0 Å². The molecule has 19 heavy (non-hydrogen) atoms. The number of hydrogen-bond acceptors (Lipinski definition) is 3. The molecule has 0 bridgehead atoms. The van der Waals surface area contributed by atoms with Gasteiger partial charge in [-0.1, -0.05) is 37.8 Å². The highest BCUT2D eigenvalue weighted by molar-refractivity contribution is 5.67. The van der Waals surface area contributed by atoms with Crippen LogP contribution in [0.2, 0.25) is 0 Å². The largest absolute Gasteiger partial charge is 0.445 e. The van der Waals surface area contributed by atoms with Crippen LogP contribution >= 0.6 is 0 Å². The van der Waals surface area contributed by atoms with Crippen molar-refractivity contribution in [3.63, 3.8) is 0 Å². The lowest BCUT2D eigenvalue weighted by atomic mass is 10.3. The van der Waals surface area contributed by atoms with Gasteiger partial charge in [0.1, 0.15) is 12.8 Å². The third-order valence-corrected chi connectivity index (χ3v) is 2.48. The van der Waals surface area contributed by atoms with Gasteiger partial charge in [0, 0.05) is 13.7 Å². The molecule has 4 heteroatoms. The van der Waals surface area contributed by atoms with E-state index in [0.29, 0.717) is 6.61 Å². The van der Waals surface area contributed by atoms with Crippen LogP contribution in [0.1, 0.15) is 27.2 Å². The predicted molar refractivity (Wildman–Crippen MR) is 77.9 cm³/mol. The van der Waals surface area contributed by atoms with Crippen molar-refractivity contribution < 1.29 is 14.3 Å². The van der Waals surface area contributed by atoms with E-state index in [1.54, 1.807) is 13.1 Å². The monoisotopic (exact) mass is 267 g/mol. The molecule has 0 radical (unpaired) electrons. The SMILES string of the molecule is C=C/C=C\C=C(/C)COC(=O)N(C)C(CC)OCC. The van der Waals surface area contributed by atoms with Gasteiger partial charge in [-0.15, -0.1) is 0 Å². The Kier molecular flexibility index (Phi) is 9.53. The zero-order chi connectivity index (χ0) is 14.7. The fourth-order valence-electron chi connectivity index (χ4n) is 1.44. The van der Waals surface area contributed by atoms with E-state index in [4.69, 9.17) is 9.47 Å². The Morgan fingerprint density at radius 3 is 2.58 bits per heavy atom. The fraction of sp³-hybridized carbons (Fsp3) is 0.533. The maximum absolute atomic E-state index is 11.8.